The second-order valence-corrected chi connectivity index (χ2v) is 8.50. The van der Waals surface area contributed by atoms with E-state index in [9.17, 15) is 0 Å². The summed E-state index contributed by atoms with van der Waals surface area (Å²) >= 11 is 4.24. The van der Waals surface area contributed by atoms with Gasteiger partial charge in [0.1, 0.15) is 0 Å². The lowest BCUT2D eigenvalue weighted by Gasteiger charge is -2.26. The number of hydrogen-bond donors (Lipinski definition) is 0. The molecule has 15 heavy (non-hydrogen) atoms. The molecule has 0 N–H and O–H groups in total. The Labute approximate surface area is 105 Å². The molecule has 92 valence electrons. The predicted octanol–water partition coefficient (Wildman–Crippen LogP) is 5.22. The first-order valence-corrected chi connectivity index (χ1v) is 8.27. The van der Waals surface area contributed by atoms with Gasteiger partial charge in [-0.25, -0.2) is 0 Å². The standard InChI is InChI=1S/C13H28S2/c1-6-7-10-14-11-8-9-13(4,5)15-12(2)3/h12H,6-11H2,1-5H3. The monoisotopic (exact) mass is 248 g/mol. The fourth-order valence-electron chi connectivity index (χ4n) is 1.65. The van der Waals surface area contributed by atoms with E-state index < -0.39 is 0 Å². The second-order valence-electron chi connectivity index (χ2n) is 5.00. The minimum atomic E-state index is 0.472. The summed E-state index contributed by atoms with van der Waals surface area (Å²) in [5.74, 6) is 2.70. The van der Waals surface area contributed by atoms with E-state index in [1.165, 1.54) is 37.2 Å². The Morgan fingerprint density at radius 1 is 1.07 bits per heavy atom. The number of thioether (sulfide) groups is 2. The lowest BCUT2D eigenvalue weighted by atomic mass is 10.1. The van der Waals surface area contributed by atoms with Gasteiger partial charge in [0.15, 0.2) is 0 Å². The number of hydrogen-bond acceptors (Lipinski definition) is 2. The maximum absolute atomic E-state index is 2.38. The molecular formula is C13H28S2. The van der Waals surface area contributed by atoms with Crippen LogP contribution in [0, 0.1) is 0 Å². The van der Waals surface area contributed by atoms with Gasteiger partial charge >= 0.3 is 0 Å². The van der Waals surface area contributed by atoms with Crippen molar-refractivity contribution in [3.05, 3.63) is 0 Å². The van der Waals surface area contributed by atoms with Crippen LogP contribution in [0.25, 0.3) is 0 Å². The molecule has 0 radical (unpaired) electrons. The summed E-state index contributed by atoms with van der Waals surface area (Å²) in [4.78, 5) is 0. The van der Waals surface area contributed by atoms with Crippen molar-refractivity contribution in [1.29, 1.82) is 0 Å². The molecule has 0 atom stereocenters. The average molecular weight is 249 g/mol. The Bertz CT molecular complexity index is 141. The van der Waals surface area contributed by atoms with Gasteiger partial charge in [-0.2, -0.15) is 23.5 Å². The quantitative estimate of drug-likeness (QED) is 0.513. The normalized spacial score (nSPS) is 12.4. The molecule has 0 bridgehead atoms. The van der Waals surface area contributed by atoms with E-state index in [1.54, 1.807) is 0 Å². The summed E-state index contributed by atoms with van der Waals surface area (Å²) in [6.45, 7) is 11.6. The van der Waals surface area contributed by atoms with Crippen molar-refractivity contribution in [2.75, 3.05) is 11.5 Å². The molecule has 0 aromatic rings. The minimum absolute atomic E-state index is 0.472. The van der Waals surface area contributed by atoms with Gasteiger partial charge in [0.2, 0.25) is 0 Å². The van der Waals surface area contributed by atoms with Crippen LogP contribution in [-0.2, 0) is 0 Å². The van der Waals surface area contributed by atoms with Crippen molar-refractivity contribution in [1.82, 2.24) is 0 Å². The summed E-state index contributed by atoms with van der Waals surface area (Å²) in [5.41, 5.74) is 0. The lowest BCUT2D eigenvalue weighted by Crippen LogP contribution is -2.17. The van der Waals surface area contributed by atoms with Crippen LogP contribution in [0.3, 0.4) is 0 Å². The van der Waals surface area contributed by atoms with E-state index in [0.29, 0.717) is 4.75 Å². The highest BCUT2D eigenvalue weighted by Crippen LogP contribution is 2.33. The van der Waals surface area contributed by atoms with Crippen LogP contribution in [0.4, 0.5) is 0 Å². The highest BCUT2D eigenvalue weighted by atomic mass is 32.2. The van der Waals surface area contributed by atoms with Crippen molar-refractivity contribution in [2.24, 2.45) is 0 Å². The van der Waals surface area contributed by atoms with Crippen LogP contribution >= 0.6 is 23.5 Å². The number of unbranched alkanes of at least 4 members (excludes halogenated alkanes) is 1. The van der Waals surface area contributed by atoms with Crippen LogP contribution in [-0.4, -0.2) is 21.5 Å². The van der Waals surface area contributed by atoms with Gasteiger partial charge in [-0.3, -0.25) is 0 Å². The van der Waals surface area contributed by atoms with Crippen molar-refractivity contribution in [3.8, 4) is 0 Å². The molecule has 0 spiro atoms. The molecule has 0 nitrogen and oxygen atoms in total. The zero-order chi connectivity index (χ0) is 11.7. The molecule has 0 aromatic carbocycles. The highest BCUT2D eigenvalue weighted by molar-refractivity contribution is 8.01. The molecule has 2 heteroatoms. The average Bonchev–Trinajstić information content (AvgIpc) is 2.08. The zero-order valence-corrected chi connectivity index (χ0v) is 12.8. The maximum Gasteiger partial charge on any atom is 0.0106 e. The maximum atomic E-state index is 2.38. The second kappa shape index (κ2) is 8.81. The number of rotatable bonds is 9. The molecule has 0 rings (SSSR count). The fraction of sp³-hybridized carbons (Fsp3) is 1.00. The summed E-state index contributed by atoms with van der Waals surface area (Å²) in [6.07, 6.45) is 5.45. The molecule has 0 aliphatic heterocycles. The third-order valence-corrected chi connectivity index (χ3v) is 4.73. The molecule has 0 fully saturated rings. The molecule has 0 aliphatic carbocycles. The van der Waals surface area contributed by atoms with Crippen LogP contribution in [0.5, 0.6) is 0 Å². The minimum Gasteiger partial charge on any atom is -0.162 e. The Kier molecular flexibility index (Phi) is 9.22. The van der Waals surface area contributed by atoms with Crippen LogP contribution in [0.2, 0.25) is 0 Å². The predicted molar refractivity (Wildman–Crippen MR) is 78.3 cm³/mol. The molecule has 0 heterocycles. The van der Waals surface area contributed by atoms with Crippen LogP contribution in [0.15, 0.2) is 0 Å². The van der Waals surface area contributed by atoms with Crippen molar-refractivity contribution in [3.63, 3.8) is 0 Å². The third-order valence-electron chi connectivity index (χ3n) is 2.26. The Hall–Kier alpha value is 0.700. The topological polar surface area (TPSA) is 0 Å². The van der Waals surface area contributed by atoms with E-state index in [4.69, 9.17) is 0 Å². The molecular weight excluding hydrogens is 220 g/mol. The molecule has 0 aliphatic rings. The molecule has 0 aromatic heterocycles. The van der Waals surface area contributed by atoms with E-state index in [0.717, 1.165) is 5.25 Å². The van der Waals surface area contributed by atoms with Gasteiger partial charge in [0, 0.05) is 4.75 Å². The lowest BCUT2D eigenvalue weighted by molar-refractivity contribution is 0.627. The summed E-state index contributed by atoms with van der Waals surface area (Å²) in [7, 11) is 0. The molecule has 0 unspecified atom stereocenters. The zero-order valence-electron chi connectivity index (χ0n) is 11.1. The van der Waals surface area contributed by atoms with Gasteiger partial charge < -0.3 is 0 Å². The first-order valence-electron chi connectivity index (χ1n) is 6.23. The van der Waals surface area contributed by atoms with Crippen LogP contribution < -0.4 is 0 Å². The summed E-state index contributed by atoms with van der Waals surface area (Å²) < 4.78 is 0.472. The largest absolute Gasteiger partial charge is 0.162 e. The summed E-state index contributed by atoms with van der Waals surface area (Å²) in [6, 6.07) is 0. The first-order chi connectivity index (χ1) is 6.98. The van der Waals surface area contributed by atoms with Crippen molar-refractivity contribution < 1.29 is 0 Å². The SMILES string of the molecule is CCCCSCCCC(C)(C)SC(C)C. The van der Waals surface area contributed by atoms with Gasteiger partial charge in [-0.1, -0.05) is 41.0 Å². The van der Waals surface area contributed by atoms with Gasteiger partial charge in [-0.05, 0) is 36.0 Å². The first kappa shape index (κ1) is 15.7. The van der Waals surface area contributed by atoms with E-state index in [1.807, 2.05) is 0 Å². The Morgan fingerprint density at radius 3 is 2.20 bits per heavy atom. The molecule has 0 amide bonds. The summed E-state index contributed by atoms with van der Waals surface area (Å²) in [5, 5.41) is 0.757. The van der Waals surface area contributed by atoms with Crippen molar-refractivity contribution >= 4 is 23.5 Å². The van der Waals surface area contributed by atoms with Gasteiger partial charge in [0.25, 0.3) is 0 Å². The fourth-order valence-corrected chi connectivity index (χ4v) is 4.23. The van der Waals surface area contributed by atoms with Gasteiger partial charge in [-0.15, -0.1) is 0 Å². The molecule has 0 saturated heterocycles. The highest BCUT2D eigenvalue weighted by Gasteiger charge is 2.19. The Balaban J connectivity index is 3.40. The van der Waals surface area contributed by atoms with E-state index >= 15 is 0 Å². The smallest absolute Gasteiger partial charge is 0.0106 e. The Morgan fingerprint density at radius 2 is 1.67 bits per heavy atom. The van der Waals surface area contributed by atoms with E-state index in [-0.39, 0.29) is 0 Å². The van der Waals surface area contributed by atoms with E-state index in [2.05, 4.69) is 58.1 Å². The van der Waals surface area contributed by atoms with Gasteiger partial charge in [0.05, 0.1) is 0 Å². The third kappa shape index (κ3) is 11.0. The molecule has 0 saturated carbocycles. The van der Waals surface area contributed by atoms with Crippen LogP contribution in [0.1, 0.15) is 60.3 Å². The van der Waals surface area contributed by atoms with Crippen molar-refractivity contribution in [2.45, 2.75) is 70.3 Å².